The van der Waals surface area contributed by atoms with E-state index in [-0.39, 0.29) is 18.5 Å². The van der Waals surface area contributed by atoms with Crippen molar-refractivity contribution in [1.29, 1.82) is 0 Å². The van der Waals surface area contributed by atoms with E-state index in [4.69, 9.17) is 9.84 Å². The summed E-state index contributed by atoms with van der Waals surface area (Å²) in [5.41, 5.74) is 0. The summed E-state index contributed by atoms with van der Waals surface area (Å²) in [5, 5.41) is 8.76. The van der Waals surface area contributed by atoms with Gasteiger partial charge in [0.2, 0.25) is 0 Å². The Labute approximate surface area is 252 Å². The summed E-state index contributed by atoms with van der Waals surface area (Å²) in [6.07, 6.45) is 45.0. The molecule has 0 radical (unpaired) electrons. The van der Waals surface area contributed by atoms with Gasteiger partial charge in [-0.15, -0.1) is 0 Å². The van der Waals surface area contributed by atoms with E-state index in [1.165, 1.54) is 19.3 Å². The fourth-order valence-electron chi connectivity index (χ4n) is 4.23. The van der Waals surface area contributed by atoms with Gasteiger partial charge in [0.1, 0.15) is 6.10 Å². The van der Waals surface area contributed by atoms with Gasteiger partial charge in [-0.2, -0.15) is 0 Å². The van der Waals surface area contributed by atoms with Crippen LogP contribution in [0.2, 0.25) is 0 Å². The molecule has 0 aliphatic carbocycles. The number of carbonyl (C=O) groups excluding carboxylic acids is 1. The molecule has 232 valence electrons. The molecule has 4 heteroatoms. The quantitative estimate of drug-likeness (QED) is 0.0579. The summed E-state index contributed by atoms with van der Waals surface area (Å²) in [7, 11) is 0. The van der Waals surface area contributed by atoms with E-state index in [2.05, 4.69) is 86.8 Å². The Morgan fingerprint density at radius 1 is 0.585 bits per heavy atom. The van der Waals surface area contributed by atoms with Gasteiger partial charge < -0.3 is 9.84 Å². The first-order valence-electron chi connectivity index (χ1n) is 16.4. The monoisotopic (exact) mass is 568 g/mol. The zero-order valence-corrected chi connectivity index (χ0v) is 26.3. The number of carboxylic acids is 1. The number of hydrogen-bond acceptors (Lipinski definition) is 3. The lowest BCUT2D eigenvalue weighted by molar-refractivity contribution is -0.147. The Hall–Kier alpha value is -2.62. The van der Waals surface area contributed by atoms with Crippen LogP contribution in [-0.2, 0) is 14.3 Å². The van der Waals surface area contributed by atoms with Crippen LogP contribution in [0.15, 0.2) is 72.9 Å². The lowest BCUT2D eigenvalue weighted by Gasteiger charge is -2.14. The first-order chi connectivity index (χ1) is 20.1. The zero-order chi connectivity index (χ0) is 30.1. The maximum Gasteiger partial charge on any atom is 0.306 e. The third-order valence-electron chi connectivity index (χ3n) is 6.65. The van der Waals surface area contributed by atoms with Crippen LogP contribution in [0, 0.1) is 0 Å². The number of hydrogen-bond donors (Lipinski definition) is 1. The highest BCUT2D eigenvalue weighted by atomic mass is 16.5. The second kappa shape index (κ2) is 31.9. The highest BCUT2D eigenvalue weighted by Crippen LogP contribution is 2.14. The van der Waals surface area contributed by atoms with Crippen LogP contribution in [-0.4, -0.2) is 23.1 Å². The molecule has 0 fully saturated rings. The Balaban J connectivity index is 4.00. The van der Waals surface area contributed by atoms with Crippen LogP contribution in [0.5, 0.6) is 0 Å². The Bertz CT molecular complexity index is 785. The smallest absolute Gasteiger partial charge is 0.306 e. The highest BCUT2D eigenvalue weighted by Gasteiger charge is 2.11. The van der Waals surface area contributed by atoms with Crippen molar-refractivity contribution in [3.05, 3.63) is 72.9 Å². The number of esters is 1. The summed E-state index contributed by atoms with van der Waals surface area (Å²) in [6.45, 7) is 4.35. The minimum Gasteiger partial charge on any atom is -0.481 e. The number of rotatable bonds is 28. The Morgan fingerprint density at radius 3 is 1.71 bits per heavy atom. The molecule has 0 aromatic heterocycles. The predicted molar refractivity (Wildman–Crippen MR) is 176 cm³/mol. The number of carboxylic acid groups (broad SMARTS) is 1. The van der Waals surface area contributed by atoms with E-state index in [1.54, 1.807) is 0 Å². The topological polar surface area (TPSA) is 63.6 Å². The van der Waals surface area contributed by atoms with Crippen molar-refractivity contribution < 1.29 is 19.4 Å². The van der Waals surface area contributed by atoms with Crippen LogP contribution in [0.1, 0.15) is 142 Å². The minimum atomic E-state index is -0.732. The SMILES string of the molecule is CC/C=C\C/C=C\C/C=C\C/C=C\C/C=C\CCCCCC(=O)OC(/C=C\CCCCC)CCCCCCC(=O)O. The number of ether oxygens (including phenoxy) is 1. The van der Waals surface area contributed by atoms with Crippen LogP contribution in [0.3, 0.4) is 0 Å². The van der Waals surface area contributed by atoms with Gasteiger partial charge in [0.05, 0.1) is 0 Å². The van der Waals surface area contributed by atoms with Crippen molar-refractivity contribution >= 4 is 11.9 Å². The average molecular weight is 569 g/mol. The maximum atomic E-state index is 12.4. The fourth-order valence-corrected chi connectivity index (χ4v) is 4.23. The normalized spacial score (nSPS) is 13.2. The number of aliphatic carboxylic acids is 1. The fraction of sp³-hybridized carbons (Fsp3) is 0.622. The van der Waals surface area contributed by atoms with E-state index in [9.17, 15) is 9.59 Å². The number of allylic oxidation sites excluding steroid dienone is 11. The second-order valence-corrected chi connectivity index (χ2v) is 10.6. The van der Waals surface area contributed by atoms with Crippen molar-refractivity contribution in [2.45, 2.75) is 148 Å². The van der Waals surface area contributed by atoms with Crippen LogP contribution < -0.4 is 0 Å². The summed E-state index contributed by atoms with van der Waals surface area (Å²) in [6, 6.07) is 0. The molecule has 1 atom stereocenters. The van der Waals surface area contributed by atoms with Gasteiger partial charge in [0, 0.05) is 12.8 Å². The first kappa shape index (κ1) is 38.4. The molecule has 0 spiro atoms. The van der Waals surface area contributed by atoms with Gasteiger partial charge in [0.15, 0.2) is 0 Å². The van der Waals surface area contributed by atoms with Gasteiger partial charge in [0.25, 0.3) is 0 Å². The molecule has 0 aromatic rings. The van der Waals surface area contributed by atoms with Gasteiger partial charge >= 0.3 is 11.9 Å². The second-order valence-electron chi connectivity index (χ2n) is 10.6. The predicted octanol–water partition coefficient (Wildman–Crippen LogP) is 11.2. The van der Waals surface area contributed by atoms with Gasteiger partial charge in [-0.05, 0) is 89.5 Å². The van der Waals surface area contributed by atoms with E-state index in [0.29, 0.717) is 12.8 Å². The minimum absolute atomic E-state index is 0.103. The van der Waals surface area contributed by atoms with Crippen molar-refractivity contribution in [3.8, 4) is 0 Å². The zero-order valence-electron chi connectivity index (χ0n) is 26.3. The lowest BCUT2D eigenvalue weighted by Crippen LogP contribution is -2.16. The number of unbranched alkanes of at least 4 members (excludes halogenated alkanes) is 9. The Kier molecular flexibility index (Phi) is 29.9. The van der Waals surface area contributed by atoms with Crippen LogP contribution >= 0.6 is 0 Å². The maximum absolute atomic E-state index is 12.4. The molecular weight excluding hydrogens is 508 g/mol. The first-order valence-corrected chi connectivity index (χ1v) is 16.4. The van der Waals surface area contributed by atoms with E-state index >= 15 is 0 Å². The molecule has 0 bridgehead atoms. The van der Waals surface area contributed by atoms with Crippen molar-refractivity contribution in [3.63, 3.8) is 0 Å². The molecule has 0 amide bonds. The molecule has 0 saturated carbocycles. The standard InChI is InChI=1S/C37H60O4/c1-3-5-7-9-10-11-12-13-14-15-16-17-18-19-20-21-22-24-30-34-37(40)41-35(31-27-23-8-6-4-2)32-28-25-26-29-33-36(38)39/h5,7,10-11,13-14,16-17,19-20,27,31,35H,3-4,6,8-9,12,15,18,21-26,28-30,32-34H2,1-2H3,(H,38,39)/b7-5-,11-10-,14-13-,17-16-,20-19-,31-27-. The van der Waals surface area contributed by atoms with Gasteiger partial charge in [-0.25, -0.2) is 0 Å². The van der Waals surface area contributed by atoms with E-state index in [1.807, 2.05) is 0 Å². The Morgan fingerprint density at radius 2 is 1.10 bits per heavy atom. The summed E-state index contributed by atoms with van der Waals surface area (Å²) < 4.78 is 5.79. The van der Waals surface area contributed by atoms with Gasteiger partial charge in [-0.3, -0.25) is 9.59 Å². The third kappa shape index (κ3) is 31.8. The summed E-state index contributed by atoms with van der Waals surface area (Å²) in [4.78, 5) is 23.1. The molecule has 41 heavy (non-hydrogen) atoms. The summed E-state index contributed by atoms with van der Waals surface area (Å²) >= 11 is 0. The molecule has 1 N–H and O–H groups in total. The van der Waals surface area contributed by atoms with Crippen molar-refractivity contribution in [1.82, 2.24) is 0 Å². The molecule has 0 heterocycles. The average Bonchev–Trinajstić information content (AvgIpc) is 2.95. The molecule has 0 saturated heterocycles. The largest absolute Gasteiger partial charge is 0.481 e. The van der Waals surface area contributed by atoms with Crippen LogP contribution in [0.25, 0.3) is 0 Å². The van der Waals surface area contributed by atoms with Gasteiger partial charge in [-0.1, -0.05) is 113 Å². The van der Waals surface area contributed by atoms with Crippen molar-refractivity contribution in [2.24, 2.45) is 0 Å². The lowest BCUT2D eigenvalue weighted by atomic mass is 10.1. The van der Waals surface area contributed by atoms with E-state index in [0.717, 1.165) is 89.9 Å². The number of carbonyl (C=O) groups is 2. The molecule has 0 aliphatic rings. The molecule has 1 unspecified atom stereocenters. The molecule has 0 aromatic carbocycles. The van der Waals surface area contributed by atoms with E-state index < -0.39 is 5.97 Å². The highest BCUT2D eigenvalue weighted by molar-refractivity contribution is 5.69. The molecule has 0 aliphatic heterocycles. The third-order valence-corrected chi connectivity index (χ3v) is 6.65. The molecular formula is C37H60O4. The summed E-state index contributed by atoms with van der Waals surface area (Å²) in [5.74, 6) is -0.835. The van der Waals surface area contributed by atoms with Crippen LogP contribution in [0.4, 0.5) is 0 Å². The molecule has 0 rings (SSSR count). The van der Waals surface area contributed by atoms with Crippen molar-refractivity contribution in [2.75, 3.05) is 0 Å². The molecule has 4 nitrogen and oxygen atoms in total.